The molecule has 0 bridgehead atoms. The summed E-state index contributed by atoms with van der Waals surface area (Å²) in [6, 6.07) is 19.7. The van der Waals surface area contributed by atoms with Crippen LogP contribution in [0.4, 0.5) is 0 Å². The number of benzene rings is 2. The first-order chi connectivity index (χ1) is 12.4. The molecule has 4 rings (SSSR count). The Morgan fingerprint density at radius 2 is 1.08 bits per heavy atom. The molecule has 0 amide bonds. The number of rotatable bonds is 6. The van der Waals surface area contributed by atoms with E-state index in [4.69, 9.17) is 18.9 Å². The van der Waals surface area contributed by atoms with Crippen LogP contribution in [-0.4, -0.2) is 13.1 Å². The van der Waals surface area contributed by atoms with Gasteiger partial charge in [-0.25, -0.2) is 0 Å². The van der Waals surface area contributed by atoms with Crippen molar-refractivity contribution in [2.45, 2.75) is 12.6 Å². The average molecular weight is 337 g/mol. The molecule has 0 fully saturated rings. The van der Waals surface area contributed by atoms with Gasteiger partial charge in [0.15, 0.2) is 0 Å². The second-order valence-electron chi connectivity index (χ2n) is 5.76. The van der Waals surface area contributed by atoms with Crippen LogP contribution in [0.1, 0.15) is 23.7 Å². The van der Waals surface area contributed by atoms with E-state index in [-0.39, 0.29) is 12.6 Å². The third kappa shape index (κ3) is 3.78. The fourth-order valence-electron chi connectivity index (χ4n) is 2.65. The Kier molecular flexibility index (Phi) is 4.57. The molecule has 0 radical (unpaired) electrons. The van der Waals surface area contributed by atoms with Gasteiger partial charge in [0.1, 0.15) is 24.0 Å². The van der Waals surface area contributed by atoms with Gasteiger partial charge in [0.2, 0.25) is 0 Å². The van der Waals surface area contributed by atoms with Gasteiger partial charge in [0.05, 0.1) is 13.1 Å². The zero-order valence-electron chi connectivity index (χ0n) is 13.6. The van der Waals surface area contributed by atoms with Gasteiger partial charge in [-0.2, -0.15) is 0 Å². The van der Waals surface area contributed by atoms with E-state index in [9.17, 15) is 0 Å². The summed E-state index contributed by atoms with van der Waals surface area (Å²) in [5, 5.41) is 3.27. The minimum atomic E-state index is -0.370. The Labute approximate surface area is 146 Å². The van der Waals surface area contributed by atoms with E-state index in [1.807, 2.05) is 60.7 Å². The number of hydrogen-bond acceptors (Lipinski definition) is 5. The fourth-order valence-corrected chi connectivity index (χ4v) is 2.65. The maximum atomic E-state index is 5.79. The summed E-state index contributed by atoms with van der Waals surface area (Å²) in [5.41, 5.74) is 1.99. The van der Waals surface area contributed by atoms with Crippen molar-refractivity contribution in [1.82, 2.24) is 5.32 Å². The van der Waals surface area contributed by atoms with Gasteiger partial charge in [-0.05, 0) is 0 Å². The smallest absolute Gasteiger partial charge is 0.266 e. The molecule has 2 heterocycles. The topological polar surface area (TPSA) is 49.0 Å². The van der Waals surface area contributed by atoms with E-state index in [1.54, 1.807) is 12.5 Å². The number of ether oxygens (including phenoxy) is 4. The lowest BCUT2D eigenvalue weighted by atomic mass is 10.2. The molecule has 0 saturated carbocycles. The first-order valence-electron chi connectivity index (χ1n) is 8.21. The van der Waals surface area contributed by atoms with Crippen molar-refractivity contribution in [3.8, 4) is 0 Å². The van der Waals surface area contributed by atoms with Crippen LogP contribution in [0.25, 0.3) is 0 Å². The van der Waals surface area contributed by atoms with Crippen molar-refractivity contribution < 1.29 is 18.9 Å². The summed E-state index contributed by atoms with van der Waals surface area (Å²) in [6.45, 7) is 1.11. The molecular weight excluding hydrogens is 318 g/mol. The van der Waals surface area contributed by atoms with Gasteiger partial charge in [-0.15, -0.1) is 0 Å². The van der Waals surface area contributed by atoms with Crippen LogP contribution in [0.3, 0.4) is 0 Å². The summed E-state index contributed by atoms with van der Waals surface area (Å²) < 4.78 is 22.7. The largest absolute Gasteiger partial charge is 0.455 e. The van der Waals surface area contributed by atoms with Crippen LogP contribution >= 0.6 is 0 Å². The molecule has 2 atom stereocenters. The second-order valence-corrected chi connectivity index (χ2v) is 5.76. The molecule has 2 aliphatic heterocycles. The Hall–Kier alpha value is -2.92. The Morgan fingerprint density at radius 3 is 1.52 bits per heavy atom. The highest BCUT2D eigenvalue weighted by Gasteiger charge is 2.23. The maximum Gasteiger partial charge on any atom is 0.266 e. The minimum Gasteiger partial charge on any atom is -0.455 e. The third-order valence-electron chi connectivity index (χ3n) is 3.90. The minimum absolute atomic E-state index is 0.370. The van der Waals surface area contributed by atoms with E-state index >= 15 is 0 Å². The van der Waals surface area contributed by atoms with Gasteiger partial charge in [-0.3, -0.25) is 0 Å². The normalized spacial score (nSPS) is 21.4. The summed E-state index contributed by atoms with van der Waals surface area (Å²) >= 11 is 0. The van der Waals surface area contributed by atoms with Gasteiger partial charge in [0, 0.05) is 11.1 Å². The monoisotopic (exact) mass is 337 g/mol. The SMILES string of the molecule is C1=C(CNCC2=COC(c3ccccc3)O2)OC(c2ccccc2)O1. The molecule has 0 aliphatic carbocycles. The van der Waals surface area contributed by atoms with Crippen LogP contribution in [0.15, 0.2) is 84.7 Å². The van der Waals surface area contributed by atoms with Crippen LogP contribution in [0, 0.1) is 0 Å². The zero-order chi connectivity index (χ0) is 16.9. The van der Waals surface area contributed by atoms with Crippen molar-refractivity contribution in [2.24, 2.45) is 0 Å². The molecule has 0 spiro atoms. The average Bonchev–Trinajstić information content (AvgIpc) is 3.33. The summed E-state index contributed by atoms with van der Waals surface area (Å²) in [7, 11) is 0. The molecule has 5 nitrogen and oxygen atoms in total. The predicted octanol–water partition coefficient (Wildman–Crippen LogP) is 3.75. The predicted molar refractivity (Wildman–Crippen MR) is 91.7 cm³/mol. The highest BCUT2D eigenvalue weighted by molar-refractivity contribution is 5.19. The molecule has 0 aromatic heterocycles. The van der Waals surface area contributed by atoms with Gasteiger partial charge in [-0.1, -0.05) is 60.7 Å². The highest BCUT2D eigenvalue weighted by Crippen LogP contribution is 2.29. The van der Waals surface area contributed by atoms with Crippen molar-refractivity contribution in [1.29, 1.82) is 0 Å². The molecular formula is C20H19NO4. The number of nitrogens with one attached hydrogen (secondary N) is 1. The van der Waals surface area contributed by atoms with Crippen molar-refractivity contribution in [3.05, 3.63) is 95.8 Å². The summed E-state index contributed by atoms with van der Waals surface area (Å²) in [5.74, 6) is 1.51. The molecule has 5 heteroatoms. The Balaban J connectivity index is 1.21. The Morgan fingerprint density at radius 1 is 0.640 bits per heavy atom. The van der Waals surface area contributed by atoms with E-state index in [2.05, 4.69) is 5.32 Å². The zero-order valence-corrected chi connectivity index (χ0v) is 13.6. The van der Waals surface area contributed by atoms with Gasteiger partial charge < -0.3 is 24.3 Å². The van der Waals surface area contributed by atoms with Gasteiger partial charge in [0.25, 0.3) is 12.6 Å². The van der Waals surface area contributed by atoms with Gasteiger partial charge >= 0.3 is 0 Å². The molecule has 2 aromatic rings. The summed E-state index contributed by atoms with van der Waals surface area (Å²) in [4.78, 5) is 0. The molecule has 0 saturated heterocycles. The lowest BCUT2D eigenvalue weighted by molar-refractivity contribution is -0.0365. The second kappa shape index (κ2) is 7.32. The summed E-state index contributed by atoms with van der Waals surface area (Å²) in [6.07, 6.45) is 2.56. The third-order valence-corrected chi connectivity index (χ3v) is 3.90. The lowest BCUT2D eigenvalue weighted by Crippen LogP contribution is -2.20. The molecule has 25 heavy (non-hydrogen) atoms. The van der Waals surface area contributed by atoms with Crippen molar-refractivity contribution in [2.75, 3.05) is 13.1 Å². The Bertz CT molecular complexity index is 692. The first-order valence-corrected chi connectivity index (χ1v) is 8.21. The molecule has 2 unspecified atom stereocenters. The van der Waals surface area contributed by atoms with Crippen LogP contribution in [0.5, 0.6) is 0 Å². The molecule has 2 aliphatic rings. The first kappa shape index (κ1) is 15.6. The highest BCUT2D eigenvalue weighted by atomic mass is 16.7. The van der Waals surface area contributed by atoms with Crippen molar-refractivity contribution >= 4 is 0 Å². The lowest BCUT2D eigenvalue weighted by Gasteiger charge is -2.13. The quantitative estimate of drug-likeness (QED) is 0.870. The molecule has 128 valence electrons. The molecule has 2 aromatic carbocycles. The van der Waals surface area contributed by atoms with E-state index in [1.165, 1.54) is 0 Å². The van der Waals surface area contributed by atoms with Crippen LogP contribution in [0.2, 0.25) is 0 Å². The standard InChI is InChI=1S/C20H19NO4/c1-3-7-15(8-4-1)19-22-13-17(24-19)11-21-12-18-14-23-20(25-18)16-9-5-2-6-10-16/h1-10,13-14,19-21H,11-12H2. The molecule has 1 N–H and O–H groups in total. The van der Waals surface area contributed by atoms with Crippen LogP contribution in [-0.2, 0) is 18.9 Å². The van der Waals surface area contributed by atoms with E-state index < -0.39 is 0 Å². The van der Waals surface area contributed by atoms with Crippen LogP contribution < -0.4 is 5.32 Å². The van der Waals surface area contributed by atoms with Crippen molar-refractivity contribution in [3.63, 3.8) is 0 Å². The van der Waals surface area contributed by atoms with E-state index in [0.717, 1.165) is 22.6 Å². The van der Waals surface area contributed by atoms with E-state index in [0.29, 0.717) is 13.1 Å². The maximum absolute atomic E-state index is 5.79. The fraction of sp³-hybridized carbons (Fsp3) is 0.200. The number of hydrogen-bond donors (Lipinski definition) is 1.